The third-order valence-electron chi connectivity index (χ3n) is 5.07. The van der Waals surface area contributed by atoms with E-state index in [4.69, 9.17) is 21.7 Å². The third kappa shape index (κ3) is 3.79. The van der Waals surface area contributed by atoms with Gasteiger partial charge in [-0.1, -0.05) is 24.4 Å². The summed E-state index contributed by atoms with van der Waals surface area (Å²) in [5.41, 5.74) is 2.15. The van der Waals surface area contributed by atoms with Gasteiger partial charge in [-0.3, -0.25) is 0 Å². The average Bonchev–Trinajstić information content (AvgIpc) is 2.73. The maximum Gasteiger partial charge on any atom is 0.164 e. The maximum absolute atomic E-state index is 10.5. The molecular weight excluding hydrogens is 396 g/mol. The molecule has 1 fully saturated rings. The molecule has 1 aliphatic heterocycles. The van der Waals surface area contributed by atoms with Crippen LogP contribution in [0.25, 0.3) is 11.1 Å². The Morgan fingerprint density at radius 3 is 2.38 bits per heavy atom. The van der Waals surface area contributed by atoms with E-state index in [1.807, 2.05) is 0 Å². The lowest BCUT2D eigenvalue weighted by molar-refractivity contribution is -0.252. The van der Waals surface area contributed by atoms with Gasteiger partial charge in [-0.15, -0.1) is 0 Å². The summed E-state index contributed by atoms with van der Waals surface area (Å²) < 4.78 is 12.3. The molecule has 4 N–H and O–H groups in total. The van der Waals surface area contributed by atoms with Crippen molar-refractivity contribution >= 4 is 12.2 Å². The van der Waals surface area contributed by atoms with Crippen molar-refractivity contribution < 1.29 is 29.9 Å². The van der Waals surface area contributed by atoms with E-state index < -0.39 is 37.3 Å². The largest absolute Gasteiger partial charge is 0.497 e. The number of nitriles is 1. The van der Waals surface area contributed by atoms with Gasteiger partial charge >= 0.3 is 0 Å². The van der Waals surface area contributed by atoms with E-state index in [-0.39, 0.29) is 10.2 Å². The fraction of sp³-hybridized carbons (Fsp3) is 0.400. The van der Waals surface area contributed by atoms with Crippen LogP contribution >= 0.6 is 12.2 Å². The average molecular weight is 418 g/mol. The molecular formula is C20H22N2O6S. The summed E-state index contributed by atoms with van der Waals surface area (Å²) in [4.78, 5) is 0. The zero-order valence-corrected chi connectivity index (χ0v) is 16.7. The molecule has 0 saturated carbocycles. The first kappa shape index (κ1) is 21.4. The van der Waals surface area contributed by atoms with Crippen LogP contribution in [0.4, 0.5) is 0 Å². The second-order valence-electron chi connectivity index (χ2n) is 6.81. The highest BCUT2D eigenvalue weighted by molar-refractivity contribution is 7.71. The van der Waals surface area contributed by atoms with Gasteiger partial charge in [0.2, 0.25) is 0 Å². The van der Waals surface area contributed by atoms with Gasteiger partial charge in [0, 0.05) is 11.3 Å². The maximum atomic E-state index is 10.5. The van der Waals surface area contributed by atoms with Crippen LogP contribution in [0.15, 0.2) is 30.3 Å². The van der Waals surface area contributed by atoms with Crippen molar-refractivity contribution in [2.75, 3.05) is 13.7 Å². The van der Waals surface area contributed by atoms with Gasteiger partial charge in [-0.05, 0) is 30.7 Å². The standard InChI is InChI=1S/C20H22N2O6S/c1-10-7-13(11-3-5-12(27-2)6-4-11)14(8-21)20(29)22(10)19-18(26)17(25)16(24)15(9-23)28-19/h3-7,15-19,23-26H,9H2,1-2H3/t15-,16+,17+,18+,19+/m0/s1. The van der Waals surface area contributed by atoms with Gasteiger partial charge in [0.25, 0.3) is 0 Å². The molecule has 1 aromatic heterocycles. The van der Waals surface area contributed by atoms with Crippen LogP contribution in [0.5, 0.6) is 5.75 Å². The number of aliphatic hydroxyl groups is 4. The Morgan fingerprint density at radius 1 is 1.17 bits per heavy atom. The van der Waals surface area contributed by atoms with Gasteiger partial charge in [0.15, 0.2) is 6.23 Å². The van der Waals surface area contributed by atoms with Gasteiger partial charge in [-0.25, -0.2) is 0 Å². The Bertz CT molecular complexity index is 982. The van der Waals surface area contributed by atoms with Gasteiger partial charge < -0.3 is 34.5 Å². The van der Waals surface area contributed by atoms with E-state index in [0.717, 1.165) is 5.56 Å². The molecule has 1 saturated heterocycles. The van der Waals surface area contributed by atoms with Crippen molar-refractivity contribution in [3.8, 4) is 22.9 Å². The summed E-state index contributed by atoms with van der Waals surface area (Å²) in [6.45, 7) is 1.17. The molecule has 0 bridgehead atoms. The summed E-state index contributed by atoms with van der Waals surface area (Å²) in [6.07, 6.45) is -6.77. The lowest BCUT2D eigenvalue weighted by Crippen LogP contribution is -2.56. The Hall–Kier alpha value is -2.32. The number of ether oxygens (including phenoxy) is 2. The van der Waals surface area contributed by atoms with E-state index in [1.54, 1.807) is 44.4 Å². The SMILES string of the molecule is COc1ccc(-c2cc(C)n([C@@H]3O[C@@H](CO)[C@@H](O)[C@@H](O)[C@H]3O)c(=S)c2C#N)cc1. The number of rotatable bonds is 4. The van der Waals surface area contributed by atoms with E-state index in [1.165, 1.54) is 4.57 Å². The zero-order chi connectivity index (χ0) is 21.3. The Labute approximate surface area is 172 Å². The number of aromatic nitrogens is 1. The van der Waals surface area contributed by atoms with Gasteiger partial charge in [-0.2, -0.15) is 5.26 Å². The summed E-state index contributed by atoms with van der Waals surface area (Å²) in [7, 11) is 1.56. The Kier molecular flexibility index (Phi) is 6.33. The number of aryl methyl sites for hydroxylation is 1. The van der Waals surface area contributed by atoms with Crippen molar-refractivity contribution in [2.45, 2.75) is 37.6 Å². The van der Waals surface area contributed by atoms with E-state index in [0.29, 0.717) is 17.0 Å². The van der Waals surface area contributed by atoms with Crippen LogP contribution < -0.4 is 4.74 Å². The molecule has 5 atom stereocenters. The highest BCUT2D eigenvalue weighted by Gasteiger charge is 2.44. The summed E-state index contributed by atoms with van der Waals surface area (Å²) in [5, 5.41) is 49.7. The first-order valence-corrected chi connectivity index (χ1v) is 9.36. The van der Waals surface area contributed by atoms with Crippen molar-refractivity contribution in [3.63, 3.8) is 0 Å². The molecule has 8 nitrogen and oxygen atoms in total. The molecule has 9 heteroatoms. The molecule has 0 aliphatic carbocycles. The molecule has 154 valence electrons. The fourth-order valence-corrected chi connectivity index (χ4v) is 3.87. The Balaban J connectivity index is 2.12. The quantitative estimate of drug-likeness (QED) is 0.543. The highest BCUT2D eigenvalue weighted by Crippen LogP contribution is 2.33. The van der Waals surface area contributed by atoms with Crippen molar-refractivity contribution in [3.05, 3.63) is 46.2 Å². The minimum absolute atomic E-state index is 0.114. The predicted molar refractivity (Wildman–Crippen MR) is 106 cm³/mol. The number of benzene rings is 1. The fourth-order valence-electron chi connectivity index (χ4n) is 3.46. The Morgan fingerprint density at radius 2 is 1.83 bits per heavy atom. The van der Waals surface area contributed by atoms with Gasteiger partial charge in [0.05, 0.1) is 19.3 Å². The second kappa shape index (κ2) is 8.59. The van der Waals surface area contributed by atoms with Crippen LogP contribution in [-0.4, -0.2) is 63.1 Å². The first-order chi connectivity index (χ1) is 13.8. The monoisotopic (exact) mass is 418 g/mol. The minimum Gasteiger partial charge on any atom is -0.497 e. The third-order valence-corrected chi connectivity index (χ3v) is 5.47. The van der Waals surface area contributed by atoms with Crippen molar-refractivity contribution in [1.29, 1.82) is 5.26 Å². The second-order valence-corrected chi connectivity index (χ2v) is 7.20. The highest BCUT2D eigenvalue weighted by atomic mass is 32.1. The molecule has 2 aromatic rings. The van der Waals surface area contributed by atoms with Crippen LogP contribution in [0, 0.1) is 22.9 Å². The molecule has 0 spiro atoms. The van der Waals surface area contributed by atoms with Gasteiger partial charge in [0.1, 0.15) is 40.9 Å². The van der Waals surface area contributed by atoms with Crippen molar-refractivity contribution in [1.82, 2.24) is 4.57 Å². The normalized spacial score (nSPS) is 26.7. The number of hydrogen-bond donors (Lipinski definition) is 4. The topological polar surface area (TPSA) is 128 Å². The van der Waals surface area contributed by atoms with Crippen LogP contribution in [0.1, 0.15) is 17.5 Å². The molecule has 0 radical (unpaired) electrons. The number of aliphatic hydroxyl groups excluding tert-OH is 4. The molecule has 1 aromatic carbocycles. The van der Waals surface area contributed by atoms with E-state index in [2.05, 4.69) is 6.07 Å². The van der Waals surface area contributed by atoms with Crippen molar-refractivity contribution in [2.24, 2.45) is 0 Å². The molecule has 1 aliphatic rings. The molecule has 2 heterocycles. The van der Waals surface area contributed by atoms with Crippen LogP contribution in [-0.2, 0) is 4.74 Å². The molecule has 0 amide bonds. The first-order valence-electron chi connectivity index (χ1n) is 8.95. The summed E-state index contributed by atoms with van der Waals surface area (Å²) in [6, 6.07) is 11.0. The lowest BCUT2D eigenvalue weighted by Gasteiger charge is -2.41. The van der Waals surface area contributed by atoms with Crippen LogP contribution in [0.3, 0.4) is 0 Å². The smallest absolute Gasteiger partial charge is 0.164 e. The van der Waals surface area contributed by atoms with Crippen LogP contribution in [0.2, 0.25) is 0 Å². The summed E-state index contributed by atoms with van der Waals surface area (Å²) in [5.74, 6) is 0.676. The zero-order valence-electron chi connectivity index (χ0n) is 15.9. The lowest BCUT2D eigenvalue weighted by atomic mass is 9.97. The predicted octanol–water partition coefficient (Wildman–Crippen LogP) is 1.05. The minimum atomic E-state index is -1.54. The summed E-state index contributed by atoms with van der Waals surface area (Å²) >= 11 is 5.51. The number of methoxy groups -OCH3 is 1. The molecule has 0 unspecified atom stereocenters. The molecule has 29 heavy (non-hydrogen) atoms. The number of hydrogen-bond acceptors (Lipinski definition) is 8. The number of pyridine rings is 1. The molecule has 3 rings (SSSR count). The van der Waals surface area contributed by atoms with E-state index >= 15 is 0 Å². The van der Waals surface area contributed by atoms with E-state index in [9.17, 15) is 25.7 Å². The number of nitrogens with zero attached hydrogens (tertiary/aromatic N) is 2.